The first-order valence-corrected chi connectivity index (χ1v) is 9.34. The van der Waals surface area contributed by atoms with Crippen LogP contribution in [0.1, 0.15) is 31.2 Å². The minimum absolute atomic E-state index is 0.0507. The normalized spacial score (nSPS) is 26.7. The van der Waals surface area contributed by atoms with Crippen molar-refractivity contribution >= 4 is 23.4 Å². The lowest BCUT2D eigenvalue weighted by atomic mass is 9.78. The van der Waals surface area contributed by atoms with Crippen molar-refractivity contribution in [1.82, 2.24) is 0 Å². The van der Waals surface area contributed by atoms with Gasteiger partial charge in [-0.15, -0.1) is 0 Å². The standard InChI is InChI=1S/C17H23ClO2S/c18-15-3-1-13(2-4-15)11-16(19)14-5-8-20-17(12-14)6-9-21-10-7-17/h1-4,14,16,19H,5-12H2. The van der Waals surface area contributed by atoms with Gasteiger partial charge in [0.05, 0.1) is 11.7 Å². The second kappa shape index (κ2) is 6.91. The Kier molecular flexibility index (Phi) is 5.15. The third-order valence-corrected chi connectivity index (χ3v) is 6.07. The van der Waals surface area contributed by atoms with E-state index in [9.17, 15) is 5.11 Å². The third-order valence-electron chi connectivity index (χ3n) is 4.84. The zero-order valence-electron chi connectivity index (χ0n) is 12.3. The fourth-order valence-electron chi connectivity index (χ4n) is 3.51. The number of benzene rings is 1. The molecule has 0 radical (unpaired) electrons. The predicted molar refractivity (Wildman–Crippen MR) is 89.1 cm³/mol. The van der Waals surface area contributed by atoms with Crippen LogP contribution in [0, 0.1) is 5.92 Å². The highest BCUT2D eigenvalue weighted by atomic mass is 35.5. The molecule has 116 valence electrons. The number of rotatable bonds is 3. The van der Waals surface area contributed by atoms with Gasteiger partial charge in [-0.05, 0) is 67.2 Å². The summed E-state index contributed by atoms with van der Waals surface area (Å²) in [6.07, 6.45) is 4.71. The molecule has 2 aliphatic rings. The first-order valence-electron chi connectivity index (χ1n) is 7.81. The number of aliphatic hydroxyl groups excluding tert-OH is 1. The highest BCUT2D eigenvalue weighted by molar-refractivity contribution is 7.99. The molecule has 2 fully saturated rings. The van der Waals surface area contributed by atoms with E-state index in [2.05, 4.69) is 0 Å². The number of thioether (sulfide) groups is 1. The number of hydrogen-bond acceptors (Lipinski definition) is 3. The van der Waals surface area contributed by atoms with E-state index >= 15 is 0 Å². The van der Waals surface area contributed by atoms with Crippen molar-refractivity contribution in [2.24, 2.45) is 5.92 Å². The molecule has 0 aromatic heterocycles. The van der Waals surface area contributed by atoms with E-state index in [1.165, 1.54) is 11.5 Å². The van der Waals surface area contributed by atoms with E-state index in [1.807, 2.05) is 36.0 Å². The number of halogens is 1. The molecular formula is C17H23ClO2S. The number of hydrogen-bond donors (Lipinski definition) is 1. The molecule has 2 saturated heterocycles. The Morgan fingerprint density at radius 1 is 1.29 bits per heavy atom. The fraction of sp³-hybridized carbons (Fsp3) is 0.647. The van der Waals surface area contributed by atoms with Gasteiger partial charge in [0, 0.05) is 11.6 Å². The van der Waals surface area contributed by atoms with Crippen LogP contribution in [0.4, 0.5) is 0 Å². The van der Waals surface area contributed by atoms with E-state index in [4.69, 9.17) is 16.3 Å². The largest absolute Gasteiger partial charge is 0.392 e. The molecule has 21 heavy (non-hydrogen) atoms. The highest BCUT2D eigenvalue weighted by Gasteiger charge is 2.40. The Morgan fingerprint density at radius 3 is 2.71 bits per heavy atom. The molecule has 1 aromatic rings. The molecule has 2 aliphatic heterocycles. The monoisotopic (exact) mass is 326 g/mol. The van der Waals surface area contributed by atoms with Crippen molar-refractivity contribution in [3.63, 3.8) is 0 Å². The molecule has 1 spiro atoms. The predicted octanol–water partition coefficient (Wildman–Crippen LogP) is 3.94. The van der Waals surface area contributed by atoms with Gasteiger partial charge in [-0.3, -0.25) is 0 Å². The molecule has 0 bridgehead atoms. The average Bonchev–Trinajstić information content (AvgIpc) is 2.50. The molecule has 4 heteroatoms. The first-order chi connectivity index (χ1) is 10.2. The van der Waals surface area contributed by atoms with Crippen molar-refractivity contribution in [2.75, 3.05) is 18.1 Å². The lowest BCUT2D eigenvalue weighted by molar-refractivity contribution is -0.120. The molecule has 2 nitrogen and oxygen atoms in total. The van der Waals surface area contributed by atoms with Gasteiger partial charge in [-0.25, -0.2) is 0 Å². The summed E-state index contributed by atoms with van der Waals surface area (Å²) in [5.74, 6) is 2.75. The van der Waals surface area contributed by atoms with E-state index in [0.717, 1.165) is 42.9 Å². The molecule has 2 heterocycles. The summed E-state index contributed by atoms with van der Waals surface area (Å²) in [6, 6.07) is 7.82. The zero-order chi connectivity index (χ0) is 14.7. The first kappa shape index (κ1) is 15.7. The van der Waals surface area contributed by atoms with E-state index < -0.39 is 0 Å². The van der Waals surface area contributed by atoms with Gasteiger partial charge in [0.15, 0.2) is 0 Å². The zero-order valence-corrected chi connectivity index (χ0v) is 13.8. The molecule has 0 amide bonds. The summed E-state index contributed by atoms with van der Waals surface area (Å²) < 4.78 is 6.11. The molecule has 2 atom stereocenters. The van der Waals surface area contributed by atoms with E-state index in [0.29, 0.717) is 12.3 Å². The lowest BCUT2D eigenvalue weighted by Crippen LogP contribution is -2.45. The van der Waals surface area contributed by atoms with Gasteiger partial charge < -0.3 is 9.84 Å². The molecule has 0 aliphatic carbocycles. The smallest absolute Gasteiger partial charge is 0.0701 e. The Balaban J connectivity index is 1.61. The summed E-state index contributed by atoms with van der Waals surface area (Å²) in [5, 5.41) is 11.4. The number of ether oxygens (including phenoxy) is 1. The average molecular weight is 327 g/mol. The third kappa shape index (κ3) is 3.95. The van der Waals surface area contributed by atoms with Crippen LogP contribution < -0.4 is 0 Å². The summed E-state index contributed by atoms with van der Waals surface area (Å²) in [5.41, 5.74) is 1.21. The quantitative estimate of drug-likeness (QED) is 0.912. The highest BCUT2D eigenvalue weighted by Crippen LogP contribution is 2.41. The minimum atomic E-state index is -0.276. The van der Waals surface area contributed by atoms with Crippen molar-refractivity contribution < 1.29 is 9.84 Å². The van der Waals surface area contributed by atoms with Crippen LogP contribution in [0.5, 0.6) is 0 Å². The van der Waals surface area contributed by atoms with Crippen LogP contribution >= 0.6 is 23.4 Å². The topological polar surface area (TPSA) is 29.5 Å². The SMILES string of the molecule is OC(Cc1ccc(Cl)cc1)C1CCOC2(CCSCC2)C1. The summed E-state index contributed by atoms with van der Waals surface area (Å²) in [7, 11) is 0. The van der Waals surface area contributed by atoms with Gasteiger partial charge in [0.2, 0.25) is 0 Å². The van der Waals surface area contributed by atoms with E-state index in [-0.39, 0.29) is 11.7 Å². The number of aliphatic hydroxyl groups is 1. The second-order valence-corrected chi connectivity index (χ2v) is 7.96. The molecule has 3 rings (SSSR count). The van der Waals surface area contributed by atoms with Crippen molar-refractivity contribution in [2.45, 2.75) is 43.8 Å². The Morgan fingerprint density at radius 2 is 2.00 bits per heavy atom. The van der Waals surface area contributed by atoms with Crippen LogP contribution in [0.2, 0.25) is 5.02 Å². The van der Waals surface area contributed by atoms with Crippen molar-refractivity contribution in [3.05, 3.63) is 34.9 Å². The van der Waals surface area contributed by atoms with Crippen molar-refractivity contribution in [3.8, 4) is 0 Å². The maximum absolute atomic E-state index is 10.6. The molecule has 1 aromatic carbocycles. The van der Waals surface area contributed by atoms with Crippen LogP contribution in [0.3, 0.4) is 0 Å². The van der Waals surface area contributed by atoms with Crippen molar-refractivity contribution in [1.29, 1.82) is 0 Å². The summed E-state index contributed by atoms with van der Waals surface area (Å²) in [4.78, 5) is 0. The van der Waals surface area contributed by atoms with Crippen LogP contribution in [0.15, 0.2) is 24.3 Å². The van der Waals surface area contributed by atoms with Gasteiger partial charge in [0.1, 0.15) is 0 Å². The second-order valence-electron chi connectivity index (χ2n) is 6.29. The Labute approximate surface area is 136 Å². The Bertz CT molecular complexity index is 451. The molecule has 1 N–H and O–H groups in total. The maximum atomic E-state index is 10.6. The fourth-order valence-corrected chi connectivity index (χ4v) is 4.88. The summed E-state index contributed by atoms with van der Waals surface area (Å²) >= 11 is 7.93. The molecule has 2 unspecified atom stereocenters. The maximum Gasteiger partial charge on any atom is 0.0701 e. The lowest BCUT2D eigenvalue weighted by Gasteiger charge is -2.44. The molecule has 0 saturated carbocycles. The van der Waals surface area contributed by atoms with E-state index in [1.54, 1.807) is 0 Å². The Hall–Kier alpha value is -0.220. The molecular weight excluding hydrogens is 304 g/mol. The van der Waals surface area contributed by atoms with Gasteiger partial charge in [-0.2, -0.15) is 11.8 Å². The van der Waals surface area contributed by atoms with Crippen LogP contribution in [-0.2, 0) is 11.2 Å². The summed E-state index contributed by atoms with van der Waals surface area (Å²) in [6.45, 7) is 0.799. The minimum Gasteiger partial charge on any atom is -0.392 e. The van der Waals surface area contributed by atoms with Gasteiger partial charge in [-0.1, -0.05) is 23.7 Å². The van der Waals surface area contributed by atoms with Gasteiger partial charge >= 0.3 is 0 Å². The van der Waals surface area contributed by atoms with Gasteiger partial charge in [0.25, 0.3) is 0 Å². The van der Waals surface area contributed by atoms with Crippen LogP contribution in [0.25, 0.3) is 0 Å². The van der Waals surface area contributed by atoms with Crippen LogP contribution in [-0.4, -0.2) is 34.9 Å².